The molecule has 8 nitrogen and oxygen atoms in total. The summed E-state index contributed by atoms with van der Waals surface area (Å²) in [5, 5.41) is 2.94. The van der Waals surface area contributed by atoms with Crippen molar-refractivity contribution in [1.29, 1.82) is 0 Å². The molecule has 2 aliphatic heterocycles. The number of carbonyl (C=O) groups is 2. The molecular formula is C24H30N4O4. The average Bonchev–Trinajstić information content (AvgIpc) is 2.85. The van der Waals surface area contributed by atoms with Gasteiger partial charge in [0.2, 0.25) is 0 Å². The third-order valence-electron chi connectivity index (χ3n) is 5.89. The van der Waals surface area contributed by atoms with Crippen molar-refractivity contribution in [2.45, 2.75) is 6.10 Å². The van der Waals surface area contributed by atoms with Crippen LogP contribution in [-0.4, -0.2) is 92.3 Å². The number of methoxy groups -OCH3 is 1. The molecule has 0 bridgehead atoms. The number of carbonyl (C=O) groups excluding carboxylic acids is 2. The van der Waals surface area contributed by atoms with Gasteiger partial charge in [-0.15, -0.1) is 0 Å². The van der Waals surface area contributed by atoms with E-state index in [1.807, 2.05) is 53.4 Å². The van der Waals surface area contributed by atoms with Crippen molar-refractivity contribution >= 4 is 17.6 Å². The Labute approximate surface area is 188 Å². The maximum Gasteiger partial charge on any atom is 0.322 e. The Morgan fingerprint density at radius 3 is 2.53 bits per heavy atom. The van der Waals surface area contributed by atoms with Crippen molar-refractivity contribution < 1.29 is 19.1 Å². The first-order chi connectivity index (χ1) is 15.6. The average molecular weight is 439 g/mol. The molecule has 0 spiro atoms. The smallest absolute Gasteiger partial charge is 0.322 e. The topological polar surface area (TPSA) is 74.3 Å². The first kappa shape index (κ1) is 22.1. The second-order valence-corrected chi connectivity index (χ2v) is 8.06. The number of rotatable bonds is 5. The highest BCUT2D eigenvalue weighted by atomic mass is 16.5. The van der Waals surface area contributed by atoms with E-state index < -0.39 is 0 Å². The van der Waals surface area contributed by atoms with Crippen LogP contribution in [0.2, 0.25) is 0 Å². The molecule has 2 aromatic rings. The molecule has 4 rings (SSSR count). The van der Waals surface area contributed by atoms with Crippen molar-refractivity contribution in [2.75, 3.05) is 64.8 Å². The lowest BCUT2D eigenvalue weighted by molar-refractivity contribution is -0.0338. The van der Waals surface area contributed by atoms with Gasteiger partial charge in [-0.3, -0.25) is 9.69 Å². The first-order valence-corrected chi connectivity index (χ1v) is 11.0. The maximum absolute atomic E-state index is 12.7. The second kappa shape index (κ2) is 10.5. The van der Waals surface area contributed by atoms with Gasteiger partial charge in [0.15, 0.2) is 0 Å². The van der Waals surface area contributed by atoms with Gasteiger partial charge < -0.3 is 24.6 Å². The maximum atomic E-state index is 12.7. The standard InChI is InChI=1S/C24H30N4O4/c1-31-21-9-5-8-20(16-21)25-24(30)28-14-15-32-22(18-28)17-26-10-12-27(13-11-26)23(29)19-6-3-2-4-7-19/h2-9,16,22H,10-15,17-18H2,1H3,(H,25,30). The van der Waals surface area contributed by atoms with E-state index in [0.717, 1.165) is 25.2 Å². The van der Waals surface area contributed by atoms with E-state index in [-0.39, 0.29) is 18.0 Å². The van der Waals surface area contributed by atoms with E-state index in [1.165, 1.54) is 0 Å². The van der Waals surface area contributed by atoms with Gasteiger partial charge in [-0.25, -0.2) is 4.79 Å². The summed E-state index contributed by atoms with van der Waals surface area (Å²) in [4.78, 5) is 31.4. The summed E-state index contributed by atoms with van der Waals surface area (Å²) in [5.41, 5.74) is 1.44. The molecule has 2 saturated heterocycles. The summed E-state index contributed by atoms with van der Waals surface area (Å²) >= 11 is 0. The summed E-state index contributed by atoms with van der Waals surface area (Å²) in [5.74, 6) is 0.784. The Balaban J connectivity index is 1.24. The van der Waals surface area contributed by atoms with Crippen LogP contribution < -0.4 is 10.1 Å². The molecule has 0 saturated carbocycles. The highest BCUT2D eigenvalue weighted by Gasteiger charge is 2.28. The number of amides is 3. The highest BCUT2D eigenvalue weighted by molar-refractivity contribution is 5.94. The van der Waals surface area contributed by atoms with Crippen molar-refractivity contribution in [3.8, 4) is 5.75 Å². The fourth-order valence-corrected chi connectivity index (χ4v) is 4.10. The predicted molar refractivity (Wildman–Crippen MR) is 122 cm³/mol. The van der Waals surface area contributed by atoms with Crippen molar-refractivity contribution in [3.63, 3.8) is 0 Å². The molecule has 8 heteroatoms. The SMILES string of the molecule is COc1cccc(NC(=O)N2CCOC(CN3CCN(C(=O)c4ccccc4)CC3)C2)c1. The molecule has 2 fully saturated rings. The third kappa shape index (κ3) is 5.57. The van der Waals surface area contributed by atoms with E-state index in [4.69, 9.17) is 9.47 Å². The summed E-state index contributed by atoms with van der Waals surface area (Å²) in [7, 11) is 1.60. The van der Waals surface area contributed by atoms with E-state index in [1.54, 1.807) is 18.1 Å². The Kier molecular flexibility index (Phi) is 7.24. The molecule has 1 atom stereocenters. The van der Waals surface area contributed by atoms with Crippen LogP contribution in [0.25, 0.3) is 0 Å². The van der Waals surface area contributed by atoms with Crippen LogP contribution in [0.3, 0.4) is 0 Å². The first-order valence-electron chi connectivity index (χ1n) is 11.0. The van der Waals surface area contributed by atoms with Crippen LogP contribution in [-0.2, 0) is 4.74 Å². The lowest BCUT2D eigenvalue weighted by Gasteiger charge is -2.39. The minimum Gasteiger partial charge on any atom is -0.497 e. The predicted octanol–water partition coefficient (Wildman–Crippen LogP) is 2.39. The van der Waals surface area contributed by atoms with Crippen LogP contribution in [0, 0.1) is 0 Å². The summed E-state index contributed by atoms with van der Waals surface area (Å²) in [6, 6.07) is 16.6. The number of anilines is 1. The van der Waals surface area contributed by atoms with E-state index >= 15 is 0 Å². The minimum atomic E-state index is -0.134. The number of nitrogens with zero attached hydrogens (tertiary/aromatic N) is 3. The molecule has 1 unspecified atom stereocenters. The number of hydrogen-bond acceptors (Lipinski definition) is 5. The number of ether oxygens (including phenoxy) is 2. The Morgan fingerprint density at radius 1 is 1.00 bits per heavy atom. The molecule has 2 aromatic carbocycles. The zero-order chi connectivity index (χ0) is 22.3. The number of benzene rings is 2. The zero-order valence-electron chi connectivity index (χ0n) is 18.4. The number of piperazine rings is 1. The van der Waals surface area contributed by atoms with Gasteiger partial charge in [-0.1, -0.05) is 24.3 Å². The number of urea groups is 1. The van der Waals surface area contributed by atoms with Crippen LogP contribution in [0.4, 0.5) is 10.5 Å². The van der Waals surface area contributed by atoms with Crippen molar-refractivity contribution in [3.05, 3.63) is 60.2 Å². The number of morpholine rings is 1. The molecule has 2 aliphatic rings. The lowest BCUT2D eigenvalue weighted by Crippen LogP contribution is -2.54. The molecule has 170 valence electrons. The van der Waals surface area contributed by atoms with Crippen LogP contribution in [0.1, 0.15) is 10.4 Å². The van der Waals surface area contributed by atoms with E-state index in [9.17, 15) is 9.59 Å². The van der Waals surface area contributed by atoms with Gasteiger partial charge in [0, 0.05) is 63.1 Å². The van der Waals surface area contributed by atoms with Crippen molar-refractivity contribution in [1.82, 2.24) is 14.7 Å². The normalized spacial score (nSPS) is 19.5. The van der Waals surface area contributed by atoms with Crippen LogP contribution in [0.15, 0.2) is 54.6 Å². The largest absolute Gasteiger partial charge is 0.497 e. The summed E-state index contributed by atoms with van der Waals surface area (Å²) < 4.78 is 11.1. The van der Waals surface area contributed by atoms with Gasteiger partial charge in [0.25, 0.3) is 5.91 Å². The zero-order valence-corrected chi connectivity index (χ0v) is 18.4. The second-order valence-electron chi connectivity index (χ2n) is 8.06. The van der Waals surface area contributed by atoms with E-state index in [2.05, 4.69) is 10.2 Å². The highest BCUT2D eigenvalue weighted by Crippen LogP contribution is 2.18. The summed E-state index contributed by atoms with van der Waals surface area (Å²) in [6.45, 7) is 5.35. The lowest BCUT2D eigenvalue weighted by atomic mass is 10.1. The van der Waals surface area contributed by atoms with Gasteiger partial charge >= 0.3 is 6.03 Å². The van der Waals surface area contributed by atoms with Gasteiger partial charge in [0.1, 0.15) is 5.75 Å². The van der Waals surface area contributed by atoms with Gasteiger partial charge in [-0.2, -0.15) is 0 Å². The Hall–Kier alpha value is -3.10. The number of hydrogen-bond donors (Lipinski definition) is 1. The third-order valence-corrected chi connectivity index (χ3v) is 5.89. The van der Waals surface area contributed by atoms with Gasteiger partial charge in [0.05, 0.1) is 19.8 Å². The van der Waals surface area contributed by atoms with Gasteiger partial charge in [-0.05, 0) is 24.3 Å². The fourth-order valence-electron chi connectivity index (χ4n) is 4.10. The molecule has 0 radical (unpaired) electrons. The Morgan fingerprint density at radius 2 is 1.78 bits per heavy atom. The summed E-state index contributed by atoms with van der Waals surface area (Å²) in [6.07, 6.45) is -0.0452. The number of nitrogens with one attached hydrogen (secondary N) is 1. The molecular weight excluding hydrogens is 408 g/mol. The molecule has 2 heterocycles. The molecule has 3 amide bonds. The van der Waals surface area contributed by atoms with Crippen LogP contribution in [0.5, 0.6) is 5.75 Å². The van der Waals surface area contributed by atoms with E-state index in [0.29, 0.717) is 44.2 Å². The minimum absolute atomic E-state index is 0.0452. The molecule has 0 aromatic heterocycles. The fraction of sp³-hybridized carbons (Fsp3) is 0.417. The Bertz CT molecular complexity index is 915. The molecule has 0 aliphatic carbocycles. The monoisotopic (exact) mass is 438 g/mol. The molecule has 1 N–H and O–H groups in total. The molecule has 32 heavy (non-hydrogen) atoms. The quantitative estimate of drug-likeness (QED) is 0.776. The van der Waals surface area contributed by atoms with Crippen molar-refractivity contribution in [2.24, 2.45) is 0 Å². The van der Waals surface area contributed by atoms with Crippen LogP contribution >= 0.6 is 0 Å².